The first-order valence-electron chi connectivity index (χ1n) is 16.1. The first-order chi connectivity index (χ1) is 18.0. The number of hydrogen-bond acceptors (Lipinski definition) is 4. The molecular formula is C32H64O4PbSn+2. The Bertz CT molecular complexity index is 398. The van der Waals surface area contributed by atoms with Crippen molar-refractivity contribution in [3.8, 4) is 0 Å². The van der Waals surface area contributed by atoms with E-state index in [1.807, 2.05) is 0 Å². The number of carbonyl (C=O) groups is 2. The maximum atomic E-state index is 10.1. The second-order valence-electron chi connectivity index (χ2n) is 10.4. The van der Waals surface area contributed by atoms with Gasteiger partial charge in [0.25, 0.3) is 0 Å². The molecule has 0 N–H and O–H groups in total. The first-order valence-corrected chi connectivity index (χ1v) is 20.1. The smallest absolute Gasteiger partial charge is 2.00 e. The number of unbranched alkanes of at least 4 members (excludes halogenated alkanes) is 18. The van der Waals surface area contributed by atoms with Crippen LogP contribution >= 0.6 is 0 Å². The fourth-order valence-corrected chi connectivity index (χ4v) is 8.05. The zero-order chi connectivity index (χ0) is 28.2. The van der Waals surface area contributed by atoms with Crippen molar-refractivity contribution in [3.05, 3.63) is 0 Å². The Morgan fingerprint density at radius 3 is 0.895 bits per heavy atom. The van der Waals surface area contributed by atoms with E-state index in [9.17, 15) is 19.8 Å². The van der Waals surface area contributed by atoms with Crippen LogP contribution in [0.3, 0.4) is 0 Å². The predicted octanol–water partition coefficient (Wildman–Crippen LogP) is 8.06. The van der Waals surface area contributed by atoms with Gasteiger partial charge in [0, 0.05) is 11.9 Å². The van der Waals surface area contributed by atoms with Crippen molar-refractivity contribution in [1.29, 1.82) is 0 Å². The molecule has 0 aromatic rings. The topological polar surface area (TPSA) is 80.3 Å². The van der Waals surface area contributed by atoms with Crippen LogP contribution in [-0.2, 0) is 9.59 Å². The van der Waals surface area contributed by atoms with Crippen molar-refractivity contribution >= 4 is 60.4 Å². The standard InChI is InChI=1S/2C12H24O2.2C4H9.Pb.Sn/c2*1-2-3-4-5-6-7-8-9-10-11-12(13)14;2*1-3-4-2;;/h2*2-11H2,1H3,(H,13,14);2*1,3-4H2,2H3;;/q;;;;2*+2/p-2. The van der Waals surface area contributed by atoms with Gasteiger partial charge >= 0.3 is 96.8 Å². The van der Waals surface area contributed by atoms with Crippen LogP contribution < -0.4 is 10.2 Å². The van der Waals surface area contributed by atoms with Crippen LogP contribution in [0.2, 0.25) is 8.87 Å². The van der Waals surface area contributed by atoms with E-state index in [0.29, 0.717) is 0 Å². The molecule has 0 aliphatic carbocycles. The van der Waals surface area contributed by atoms with Gasteiger partial charge in [-0.2, -0.15) is 0 Å². The van der Waals surface area contributed by atoms with E-state index in [0.717, 1.165) is 25.7 Å². The van der Waals surface area contributed by atoms with Gasteiger partial charge < -0.3 is 19.8 Å². The van der Waals surface area contributed by atoms with Gasteiger partial charge in [0.1, 0.15) is 0 Å². The molecule has 0 unspecified atom stereocenters. The van der Waals surface area contributed by atoms with Crippen LogP contribution in [0.1, 0.15) is 182 Å². The minimum Gasteiger partial charge on any atom is 2.00 e. The molecule has 0 atom stereocenters. The summed E-state index contributed by atoms with van der Waals surface area (Å²) in [5, 5.41) is 20.2. The van der Waals surface area contributed by atoms with Crippen molar-refractivity contribution in [2.45, 2.75) is 191 Å². The van der Waals surface area contributed by atoms with Gasteiger partial charge in [-0.3, -0.25) is 0 Å². The van der Waals surface area contributed by atoms with E-state index < -0.39 is 11.9 Å². The predicted molar refractivity (Wildman–Crippen MR) is 165 cm³/mol. The van der Waals surface area contributed by atoms with Crippen LogP contribution in [0.15, 0.2) is 0 Å². The van der Waals surface area contributed by atoms with Crippen molar-refractivity contribution < 1.29 is 19.8 Å². The summed E-state index contributed by atoms with van der Waals surface area (Å²) in [5.74, 6) is -1.82. The molecule has 0 fully saturated rings. The fourth-order valence-electron chi connectivity index (χ4n) is 3.89. The molecule has 0 aromatic carbocycles. The van der Waals surface area contributed by atoms with E-state index in [-0.39, 0.29) is 61.3 Å². The van der Waals surface area contributed by atoms with Crippen molar-refractivity contribution in [3.63, 3.8) is 0 Å². The number of carboxylic acid groups (broad SMARTS) is 2. The molecule has 0 amide bonds. The van der Waals surface area contributed by atoms with E-state index in [2.05, 4.69) is 27.7 Å². The molecule has 0 saturated carbocycles. The second kappa shape index (κ2) is 44.7. The summed E-state index contributed by atoms with van der Waals surface area (Å²) in [6, 6.07) is 0. The zero-order valence-corrected chi connectivity index (χ0v) is 32.8. The van der Waals surface area contributed by atoms with Gasteiger partial charge in [-0.25, -0.2) is 0 Å². The second-order valence-corrected chi connectivity index (χ2v) is 14.6. The molecule has 2 radical (unpaired) electrons. The first kappa shape index (κ1) is 45.6. The Hall–Kier alpha value is 0.661. The molecule has 222 valence electrons. The van der Waals surface area contributed by atoms with E-state index in [1.54, 1.807) is 8.87 Å². The Morgan fingerprint density at radius 1 is 0.421 bits per heavy atom. The summed E-state index contributed by atoms with van der Waals surface area (Å²) in [5.41, 5.74) is 0. The number of carbonyl (C=O) groups excluding carboxylic acids is 2. The summed E-state index contributed by atoms with van der Waals surface area (Å²) in [6.45, 7) is 9.03. The average molecular weight is 839 g/mol. The van der Waals surface area contributed by atoms with Crippen LogP contribution in [0.25, 0.3) is 0 Å². The SMILES string of the molecule is CCCCCCCCCCCC(=O)[O-].CCCCCCCCCCCC(=O)[O-].CCC[CH2][Sn+2][CH2]CCC.[Pb+2]. The Morgan fingerprint density at radius 2 is 0.658 bits per heavy atom. The maximum Gasteiger partial charge on any atom is 2.00 e. The normalized spacial score (nSPS) is 9.79. The number of carboxylic acids is 2. The molecule has 0 rings (SSSR count). The molecule has 4 nitrogen and oxygen atoms in total. The van der Waals surface area contributed by atoms with E-state index in [1.165, 1.54) is 116 Å². The summed E-state index contributed by atoms with van der Waals surface area (Å²) in [6.07, 6.45) is 28.2. The molecule has 0 spiro atoms. The van der Waals surface area contributed by atoms with Gasteiger partial charge in [0.2, 0.25) is 0 Å². The molecule has 6 heteroatoms. The quantitative estimate of drug-likeness (QED) is 0.0653. The van der Waals surface area contributed by atoms with Crippen LogP contribution in [0, 0.1) is 0 Å². The number of rotatable bonds is 26. The molecule has 0 saturated heterocycles. The summed E-state index contributed by atoms with van der Waals surface area (Å²) < 4.78 is 3.25. The third kappa shape index (κ3) is 56.8. The van der Waals surface area contributed by atoms with Gasteiger partial charge in [-0.15, -0.1) is 0 Å². The van der Waals surface area contributed by atoms with Gasteiger partial charge in [-0.1, -0.05) is 117 Å². The minimum atomic E-state index is -0.909. The van der Waals surface area contributed by atoms with Crippen molar-refractivity contribution in [1.82, 2.24) is 0 Å². The van der Waals surface area contributed by atoms with Crippen LogP contribution in [-0.4, -0.2) is 60.4 Å². The van der Waals surface area contributed by atoms with Crippen molar-refractivity contribution in [2.24, 2.45) is 0 Å². The van der Waals surface area contributed by atoms with Gasteiger partial charge in [0.05, 0.1) is 0 Å². The van der Waals surface area contributed by atoms with E-state index >= 15 is 0 Å². The van der Waals surface area contributed by atoms with E-state index in [4.69, 9.17) is 0 Å². The Kier molecular flexibility index (Phi) is 53.7. The summed E-state index contributed by atoms with van der Waals surface area (Å²) >= 11 is 0.149. The Balaban J connectivity index is -0.000000231. The number of hydrogen-bond donors (Lipinski definition) is 0. The van der Waals surface area contributed by atoms with Gasteiger partial charge in [-0.05, 0) is 25.7 Å². The van der Waals surface area contributed by atoms with Gasteiger partial charge in [0.15, 0.2) is 0 Å². The zero-order valence-electron chi connectivity index (χ0n) is 26.0. The molecule has 0 bridgehead atoms. The summed E-state index contributed by atoms with van der Waals surface area (Å²) in [4.78, 5) is 20.2. The molecular weight excluding hydrogens is 774 g/mol. The fraction of sp³-hybridized carbons (Fsp3) is 0.938. The molecule has 0 aliphatic rings. The van der Waals surface area contributed by atoms with Crippen LogP contribution in [0.4, 0.5) is 0 Å². The largest absolute Gasteiger partial charge is 2.00 e. The third-order valence-electron chi connectivity index (χ3n) is 6.38. The minimum absolute atomic E-state index is 0. The molecule has 38 heavy (non-hydrogen) atoms. The Labute approximate surface area is 269 Å². The maximum absolute atomic E-state index is 10.1. The third-order valence-corrected chi connectivity index (χ3v) is 10.4. The van der Waals surface area contributed by atoms with Crippen molar-refractivity contribution in [2.75, 3.05) is 0 Å². The van der Waals surface area contributed by atoms with Crippen LogP contribution in [0.5, 0.6) is 0 Å². The summed E-state index contributed by atoms with van der Waals surface area (Å²) in [7, 11) is 0. The average Bonchev–Trinajstić information content (AvgIpc) is 2.87. The monoisotopic (exact) mass is 840 g/mol. The molecule has 0 aromatic heterocycles. The number of aliphatic carboxylic acids is 2. The molecule has 0 aliphatic heterocycles. The molecule has 0 heterocycles.